The van der Waals surface area contributed by atoms with Gasteiger partial charge in [-0.15, -0.1) is 0 Å². The Bertz CT molecular complexity index is 729. The molecule has 1 aromatic rings. The van der Waals surface area contributed by atoms with Gasteiger partial charge in [-0.05, 0) is 49.3 Å². The Balaban J connectivity index is 1.48. The van der Waals surface area contributed by atoms with Crippen LogP contribution in [0.1, 0.15) is 38.2 Å². The molecule has 7 heteroatoms. The highest BCUT2D eigenvalue weighted by Gasteiger charge is 2.32. The van der Waals surface area contributed by atoms with Crippen LogP contribution in [0.5, 0.6) is 0 Å². The molecule has 2 aliphatic heterocycles. The predicted octanol–water partition coefficient (Wildman–Crippen LogP) is 1.98. The zero-order valence-corrected chi connectivity index (χ0v) is 17.0. The molecule has 2 heterocycles. The molecule has 0 bridgehead atoms. The minimum Gasteiger partial charge on any atom is -0.356 e. The second-order valence-electron chi connectivity index (χ2n) is 8.19. The molecule has 1 N–H and O–H groups in total. The third-order valence-corrected chi connectivity index (χ3v) is 5.96. The van der Waals surface area contributed by atoms with Crippen LogP contribution < -0.4 is 5.32 Å². The van der Waals surface area contributed by atoms with Crippen molar-refractivity contribution in [2.75, 3.05) is 32.7 Å². The lowest BCUT2D eigenvalue weighted by Crippen LogP contribution is -2.49. The van der Waals surface area contributed by atoms with Gasteiger partial charge in [0.2, 0.25) is 17.7 Å². The monoisotopic (exact) mass is 403 g/mol. The summed E-state index contributed by atoms with van der Waals surface area (Å²) >= 11 is 0. The van der Waals surface area contributed by atoms with Gasteiger partial charge in [0.1, 0.15) is 5.82 Å². The van der Waals surface area contributed by atoms with Gasteiger partial charge in [-0.1, -0.05) is 12.1 Å². The van der Waals surface area contributed by atoms with Gasteiger partial charge in [0.05, 0.1) is 12.3 Å². The second kappa shape index (κ2) is 9.85. The summed E-state index contributed by atoms with van der Waals surface area (Å²) in [4.78, 5) is 40.4. The van der Waals surface area contributed by atoms with E-state index in [2.05, 4.69) is 5.32 Å². The number of hydrogen-bond acceptors (Lipinski definition) is 3. The van der Waals surface area contributed by atoms with E-state index in [1.54, 1.807) is 17.0 Å². The van der Waals surface area contributed by atoms with E-state index in [-0.39, 0.29) is 35.9 Å². The number of carbonyl (C=O) groups excluding carboxylic acids is 3. The van der Waals surface area contributed by atoms with E-state index in [9.17, 15) is 18.8 Å². The molecule has 0 aromatic heterocycles. The summed E-state index contributed by atoms with van der Waals surface area (Å²) in [6.07, 6.45) is 3.66. The first-order valence-electron chi connectivity index (χ1n) is 10.5. The van der Waals surface area contributed by atoms with E-state index >= 15 is 0 Å². The average molecular weight is 403 g/mol. The van der Waals surface area contributed by atoms with E-state index in [0.29, 0.717) is 38.6 Å². The molecule has 3 rings (SSSR count). The molecule has 0 saturated carbocycles. The third-order valence-electron chi connectivity index (χ3n) is 5.96. The molecule has 2 aliphatic rings. The topological polar surface area (TPSA) is 69.7 Å². The highest BCUT2D eigenvalue weighted by atomic mass is 19.1. The zero-order chi connectivity index (χ0) is 20.8. The van der Waals surface area contributed by atoms with Gasteiger partial charge in [-0.3, -0.25) is 14.4 Å². The van der Waals surface area contributed by atoms with E-state index in [1.165, 1.54) is 19.1 Å². The molecule has 1 unspecified atom stereocenters. The quantitative estimate of drug-likeness (QED) is 0.817. The van der Waals surface area contributed by atoms with Crippen molar-refractivity contribution in [3.63, 3.8) is 0 Å². The standard InChI is InChI=1S/C22H30FN3O3/c1-16(27)24-14-18-8-11-25(12-9-18)22(29)19-3-2-10-26(15-19)21(28)13-17-4-6-20(23)7-5-17/h4-7,18-19H,2-3,8-15H2,1H3,(H,24,27). The van der Waals surface area contributed by atoms with Crippen molar-refractivity contribution in [2.24, 2.45) is 11.8 Å². The summed E-state index contributed by atoms with van der Waals surface area (Å²) in [5, 5.41) is 2.86. The summed E-state index contributed by atoms with van der Waals surface area (Å²) < 4.78 is 13.0. The molecule has 3 amide bonds. The van der Waals surface area contributed by atoms with Gasteiger partial charge >= 0.3 is 0 Å². The minimum absolute atomic E-state index is 0.0110. The van der Waals surface area contributed by atoms with Crippen LogP contribution in [0.25, 0.3) is 0 Å². The number of hydrogen-bond donors (Lipinski definition) is 1. The van der Waals surface area contributed by atoms with Gasteiger partial charge in [-0.2, -0.15) is 0 Å². The molecule has 0 spiro atoms. The van der Waals surface area contributed by atoms with Crippen molar-refractivity contribution in [1.29, 1.82) is 0 Å². The van der Waals surface area contributed by atoms with Crippen LogP contribution in [0.4, 0.5) is 4.39 Å². The van der Waals surface area contributed by atoms with Crippen LogP contribution >= 0.6 is 0 Å². The Labute approximate surface area is 171 Å². The Morgan fingerprint density at radius 1 is 1.03 bits per heavy atom. The van der Waals surface area contributed by atoms with Gasteiger partial charge in [-0.25, -0.2) is 4.39 Å². The highest BCUT2D eigenvalue weighted by Crippen LogP contribution is 2.23. The molecule has 29 heavy (non-hydrogen) atoms. The maximum Gasteiger partial charge on any atom is 0.227 e. The Hall–Kier alpha value is -2.44. The second-order valence-corrected chi connectivity index (χ2v) is 8.19. The normalized spacial score (nSPS) is 20.4. The number of carbonyl (C=O) groups is 3. The van der Waals surface area contributed by atoms with Crippen LogP contribution in [0.15, 0.2) is 24.3 Å². The van der Waals surface area contributed by atoms with Crippen LogP contribution in [-0.4, -0.2) is 60.2 Å². The molecule has 158 valence electrons. The average Bonchev–Trinajstić information content (AvgIpc) is 2.74. The summed E-state index contributed by atoms with van der Waals surface area (Å²) in [6.45, 7) is 4.75. The smallest absolute Gasteiger partial charge is 0.227 e. The van der Waals surface area contributed by atoms with Gasteiger partial charge in [0.25, 0.3) is 0 Å². The number of piperidine rings is 2. The maximum atomic E-state index is 13.0. The SMILES string of the molecule is CC(=O)NCC1CCN(C(=O)C2CCCN(C(=O)Cc3ccc(F)cc3)C2)CC1. The van der Waals surface area contributed by atoms with Gasteiger partial charge in [0.15, 0.2) is 0 Å². The molecule has 1 aromatic carbocycles. The molecule has 2 saturated heterocycles. The molecule has 6 nitrogen and oxygen atoms in total. The first-order valence-corrected chi connectivity index (χ1v) is 10.5. The summed E-state index contributed by atoms with van der Waals surface area (Å²) in [5.74, 6) is 0.0723. The molecule has 0 radical (unpaired) electrons. The summed E-state index contributed by atoms with van der Waals surface area (Å²) in [7, 11) is 0. The fraction of sp³-hybridized carbons (Fsp3) is 0.591. The predicted molar refractivity (Wildman–Crippen MR) is 107 cm³/mol. The first kappa shape index (κ1) is 21.3. The van der Waals surface area contributed by atoms with Crippen molar-refractivity contribution >= 4 is 17.7 Å². The number of benzene rings is 1. The summed E-state index contributed by atoms with van der Waals surface area (Å²) in [5.41, 5.74) is 0.783. The van der Waals surface area contributed by atoms with Crippen molar-refractivity contribution in [3.8, 4) is 0 Å². The van der Waals surface area contributed by atoms with E-state index in [1.807, 2.05) is 4.90 Å². The lowest BCUT2D eigenvalue weighted by Gasteiger charge is -2.38. The van der Waals surface area contributed by atoms with E-state index < -0.39 is 0 Å². The Morgan fingerprint density at radius 2 is 1.72 bits per heavy atom. The minimum atomic E-state index is -0.314. The van der Waals surface area contributed by atoms with E-state index in [4.69, 9.17) is 0 Å². The molecule has 1 atom stereocenters. The van der Waals surface area contributed by atoms with Crippen LogP contribution in [0.3, 0.4) is 0 Å². The van der Waals surface area contributed by atoms with Crippen LogP contribution in [0, 0.1) is 17.7 Å². The highest BCUT2D eigenvalue weighted by molar-refractivity contribution is 5.82. The molecular weight excluding hydrogens is 373 g/mol. The largest absolute Gasteiger partial charge is 0.356 e. The lowest BCUT2D eigenvalue weighted by molar-refractivity contribution is -0.141. The van der Waals surface area contributed by atoms with Crippen LogP contribution in [0.2, 0.25) is 0 Å². The van der Waals surface area contributed by atoms with Crippen molar-refractivity contribution < 1.29 is 18.8 Å². The number of amides is 3. The molecule has 2 fully saturated rings. The van der Waals surface area contributed by atoms with Crippen molar-refractivity contribution in [3.05, 3.63) is 35.6 Å². The summed E-state index contributed by atoms with van der Waals surface area (Å²) in [6, 6.07) is 5.98. The number of likely N-dealkylation sites (tertiary alicyclic amines) is 2. The fourth-order valence-corrected chi connectivity index (χ4v) is 4.20. The number of halogens is 1. The number of nitrogens with one attached hydrogen (secondary N) is 1. The Morgan fingerprint density at radius 3 is 2.38 bits per heavy atom. The maximum absolute atomic E-state index is 13.0. The Kier molecular flexibility index (Phi) is 7.23. The zero-order valence-electron chi connectivity index (χ0n) is 17.0. The molecule has 0 aliphatic carbocycles. The van der Waals surface area contributed by atoms with Crippen molar-refractivity contribution in [1.82, 2.24) is 15.1 Å². The van der Waals surface area contributed by atoms with Crippen LogP contribution in [-0.2, 0) is 20.8 Å². The lowest BCUT2D eigenvalue weighted by atomic mass is 9.92. The fourth-order valence-electron chi connectivity index (χ4n) is 4.20. The van der Waals surface area contributed by atoms with Gasteiger partial charge < -0.3 is 15.1 Å². The van der Waals surface area contributed by atoms with E-state index in [0.717, 1.165) is 31.2 Å². The van der Waals surface area contributed by atoms with Crippen molar-refractivity contribution in [2.45, 2.75) is 39.0 Å². The molecular formula is C22H30FN3O3. The van der Waals surface area contributed by atoms with Gasteiger partial charge in [0, 0.05) is 39.6 Å². The number of rotatable bonds is 5. The third kappa shape index (κ3) is 6.02. The number of nitrogens with zero attached hydrogens (tertiary/aromatic N) is 2. The first-order chi connectivity index (χ1) is 13.9.